The zero-order valence-electron chi connectivity index (χ0n) is 8.78. The van der Waals surface area contributed by atoms with Crippen LogP contribution in [0.15, 0.2) is 0 Å². The number of nitrogens with zero attached hydrogens (tertiary/aromatic N) is 2. The van der Waals surface area contributed by atoms with Crippen LogP contribution in [-0.4, -0.2) is 40.3 Å². The highest BCUT2D eigenvalue weighted by atomic mass is 16.5. The highest BCUT2D eigenvalue weighted by Gasteiger charge is 2.30. The molecule has 0 saturated heterocycles. The highest BCUT2D eigenvalue weighted by molar-refractivity contribution is 5.90. The Labute approximate surface area is 87.4 Å². The van der Waals surface area contributed by atoms with Crippen LogP contribution in [0.2, 0.25) is 0 Å². The van der Waals surface area contributed by atoms with Crippen molar-refractivity contribution >= 4 is 5.91 Å². The van der Waals surface area contributed by atoms with Crippen LogP contribution < -0.4 is 5.32 Å². The van der Waals surface area contributed by atoms with Crippen LogP contribution in [-0.2, 0) is 4.74 Å². The normalized spacial score (nSPS) is 24.7. The molecule has 0 aromatic carbocycles. The minimum Gasteiger partial charge on any atom is -0.381 e. The predicted molar refractivity (Wildman–Crippen MR) is 52.4 cm³/mol. The number of nitrogens with one attached hydrogen (secondary N) is 2. The first kappa shape index (κ1) is 10.1. The lowest BCUT2D eigenvalue weighted by atomic mass is 9.89. The fourth-order valence-electron chi connectivity index (χ4n) is 1.57. The number of carbonyl (C=O) groups is 1. The molecule has 0 unspecified atom stereocenters. The number of rotatable bonds is 3. The third-order valence-corrected chi connectivity index (χ3v) is 2.56. The summed E-state index contributed by atoms with van der Waals surface area (Å²) in [5, 5.41) is 9.27. The van der Waals surface area contributed by atoms with Gasteiger partial charge in [0.05, 0.1) is 6.10 Å². The van der Waals surface area contributed by atoms with Gasteiger partial charge in [-0.2, -0.15) is 0 Å². The summed E-state index contributed by atoms with van der Waals surface area (Å²) >= 11 is 0. The van der Waals surface area contributed by atoms with E-state index in [1.165, 1.54) is 0 Å². The summed E-state index contributed by atoms with van der Waals surface area (Å²) < 4.78 is 5.12. The number of hydrogen-bond donors (Lipinski definition) is 2. The molecule has 2 rings (SSSR count). The molecule has 1 aromatic heterocycles. The molecule has 6 heteroatoms. The molecule has 0 radical (unpaired) electrons. The number of amides is 1. The van der Waals surface area contributed by atoms with Crippen LogP contribution in [0, 0.1) is 6.92 Å². The number of carbonyl (C=O) groups excluding carboxylic acids is 1. The van der Waals surface area contributed by atoms with Crippen molar-refractivity contribution in [2.75, 3.05) is 7.11 Å². The summed E-state index contributed by atoms with van der Waals surface area (Å²) in [6, 6.07) is 0.196. The molecule has 6 nitrogen and oxygen atoms in total. The maximum absolute atomic E-state index is 11.6. The molecule has 82 valence electrons. The minimum absolute atomic E-state index is 0.196. The van der Waals surface area contributed by atoms with E-state index in [0.717, 1.165) is 12.8 Å². The topological polar surface area (TPSA) is 79.9 Å². The maximum atomic E-state index is 11.6. The molecule has 1 aliphatic rings. The molecule has 0 bridgehead atoms. The molecule has 1 aromatic rings. The number of hydrogen-bond acceptors (Lipinski definition) is 4. The lowest BCUT2D eigenvalue weighted by molar-refractivity contribution is 0.0174. The quantitative estimate of drug-likeness (QED) is 0.737. The van der Waals surface area contributed by atoms with Crippen molar-refractivity contribution in [1.29, 1.82) is 0 Å². The number of H-pyrrole nitrogens is 1. The minimum atomic E-state index is -0.223. The molecule has 1 fully saturated rings. The molecule has 1 heterocycles. The zero-order valence-corrected chi connectivity index (χ0v) is 8.78. The van der Waals surface area contributed by atoms with E-state index in [1.54, 1.807) is 14.0 Å². The Morgan fingerprint density at radius 1 is 1.60 bits per heavy atom. The summed E-state index contributed by atoms with van der Waals surface area (Å²) in [7, 11) is 1.68. The predicted octanol–water partition coefficient (Wildman–Crippen LogP) is 0.0203. The van der Waals surface area contributed by atoms with Crippen LogP contribution >= 0.6 is 0 Å². The van der Waals surface area contributed by atoms with Crippen molar-refractivity contribution < 1.29 is 9.53 Å². The van der Waals surface area contributed by atoms with Crippen LogP contribution in [0.4, 0.5) is 0 Å². The maximum Gasteiger partial charge on any atom is 0.291 e. The summed E-state index contributed by atoms with van der Waals surface area (Å²) in [4.78, 5) is 15.5. The molecular weight excluding hydrogens is 196 g/mol. The third-order valence-electron chi connectivity index (χ3n) is 2.56. The molecular formula is C9H14N4O2. The van der Waals surface area contributed by atoms with Crippen molar-refractivity contribution in [2.45, 2.75) is 31.9 Å². The molecule has 1 aliphatic carbocycles. The van der Waals surface area contributed by atoms with Gasteiger partial charge in [0.25, 0.3) is 5.91 Å². The average Bonchev–Trinajstić information content (AvgIpc) is 2.57. The Morgan fingerprint density at radius 2 is 2.33 bits per heavy atom. The number of aryl methyl sites for hydroxylation is 1. The highest BCUT2D eigenvalue weighted by Crippen LogP contribution is 2.22. The van der Waals surface area contributed by atoms with Gasteiger partial charge >= 0.3 is 0 Å². The summed E-state index contributed by atoms with van der Waals surface area (Å²) in [5.41, 5.74) is 0. The van der Waals surface area contributed by atoms with Gasteiger partial charge in [0, 0.05) is 13.2 Å². The second-order valence-electron chi connectivity index (χ2n) is 3.74. The Hall–Kier alpha value is -1.43. The van der Waals surface area contributed by atoms with Gasteiger partial charge in [-0.15, -0.1) is 5.10 Å². The van der Waals surface area contributed by atoms with Gasteiger partial charge in [0.2, 0.25) is 5.82 Å². The van der Waals surface area contributed by atoms with E-state index < -0.39 is 0 Å². The fourth-order valence-corrected chi connectivity index (χ4v) is 1.57. The van der Waals surface area contributed by atoms with E-state index in [2.05, 4.69) is 20.5 Å². The van der Waals surface area contributed by atoms with E-state index in [-0.39, 0.29) is 23.9 Å². The molecule has 1 amide bonds. The van der Waals surface area contributed by atoms with Gasteiger partial charge in [0.15, 0.2) is 0 Å². The van der Waals surface area contributed by atoms with Crippen LogP contribution in [0.25, 0.3) is 0 Å². The molecule has 1 saturated carbocycles. The third kappa shape index (κ3) is 2.15. The van der Waals surface area contributed by atoms with Crippen LogP contribution in [0.5, 0.6) is 0 Å². The van der Waals surface area contributed by atoms with Crippen molar-refractivity contribution in [1.82, 2.24) is 20.5 Å². The standard InChI is InChI=1S/C9H14N4O2/c1-5-10-8(13-12-5)9(14)11-6-3-7(4-6)15-2/h6-7H,3-4H2,1-2H3,(H,11,14)(H,10,12,13). The van der Waals surface area contributed by atoms with Crippen LogP contribution in [0.3, 0.4) is 0 Å². The number of ether oxygens (including phenoxy) is 1. The summed E-state index contributed by atoms with van der Waals surface area (Å²) in [6.45, 7) is 1.76. The molecule has 0 aliphatic heterocycles. The van der Waals surface area contributed by atoms with Crippen LogP contribution in [0.1, 0.15) is 29.3 Å². The van der Waals surface area contributed by atoms with Crippen molar-refractivity contribution in [2.24, 2.45) is 0 Å². The molecule has 2 N–H and O–H groups in total. The SMILES string of the molecule is COC1CC(NC(=O)c2n[nH]c(C)n2)C1. The molecule has 0 spiro atoms. The van der Waals surface area contributed by atoms with Crippen molar-refractivity contribution in [3.63, 3.8) is 0 Å². The fraction of sp³-hybridized carbons (Fsp3) is 0.667. The Balaban J connectivity index is 1.84. The Kier molecular flexibility index (Phi) is 2.68. The number of aromatic amines is 1. The molecule has 15 heavy (non-hydrogen) atoms. The first-order valence-corrected chi connectivity index (χ1v) is 4.91. The van der Waals surface area contributed by atoms with Gasteiger partial charge in [-0.3, -0.25) is 9.89 Å². The van der Waals surface area contributed by atoms with E-state index in [1.807, 2.05) is 0 Å². The van der Waals surface area contributed by atoms with Gasteiger partial charge in [0.1, 0.15) is 5.82 Å². The lowest BCUT2D eigenvalue weighted by Crippen LogP contribution is -2.47. The second-order valence-corrected chi connectivity index (χ2v) is 3.74. The smallest absolute Gasteiger partial charge is 0.291 e. The number of aromatic nitrogens is 3. The van der Waals surface area contributed by atoms with Gasteiger partial charge in [-0.05, 0) is 19.8 Å². The van der Waals surface area contributed by atoms with E-state index in [9.17, 15) is 4.79 Å². The van der Waals surface area contributed by atoms with Gasteiger partial charge < -0.3 is 10.1 Å². The first-order chi connectivity index (χ1) is 7.19. The van der Waals surface area contributed by atoms with E-state index in [0.29, 0.717) is 5.82 Å². The lowest BCUT2D eigenvalue weighted by Gasteiger charge is -2.34. The van der Waals surface area contributed by atoms with Gasteiger partial charge in [-0.1, -0.05) is 0 Å². The summed E-state index contributed by atoms with van der Waals surface area (Å²) in [5.74, 6) is 0.621. The molecule has 0 atom stereocenters. The zero-order chi connectivity index (χ0) is 10.8. The Bertz CT molecular complexity index is 357. The Morgan fingerprint density at radius 3 is 2.87 bits per heavy atom. The van der Waals surface area contributed by atoms with E-state index >= 15 is 0 Å². The number of methoxy groups -OCH3 is 1. The summed E-state index contributed by atoms with van der Waals surface area (Å²) in [6.07, 6.45) is 2.02. The van der Waals surface area contributed by atoms with Crippen molar-refractivity contribution in [3.05, 3.63) is 11.6 Å². The van der Waals surface area contributed by atoms with E-state index in [4.69, 9.17) is 4.74 Å². The average molecular weight is 210 g/mol. The second kappa shape index (κ2) is 3.98. The largest absolute Gasteiger partial charge is 0.381 e. The monoisotopic (exact) mass is 210 g/mol. The first-order valence-electron chi connectivity index (χ1n) is 4.91. The van der Waals surface area contributed by atoms with Gasteiger partial charge in [-0.25, -0.2) is 4.98 Å². The van der Waals surface area contributed by atoms with Crippen molar-refractivity contribution in [3.8, 4) is 0 Å².